The quantitative estimate of drug-likeness (QED) is 0.457. The van der Waals surface area contributed by atoms with Gasteiger partial charge in [0.05, 0.1) is 35.9 Å². The van der Waals surface area contributed by atoms with Gasteiger partial charge in [-0.15, -0.1) is 0 Å². The largest absolute Gasteiger partial charge is 4.00 e. The number of nitriles is 2. The average Bonchev–Trinajstić information content (AvgIpc) is 2.64. The Morgan fingerprint density at radius 2 is 1.22 bits per heavy atom. The molecular weight excluding hydrogens is 516 g/mol. The zero-order chi connectivity index (χ0) is 19.6. The Labute approximate surface area is 188 Å². The topological polar surface area (TPSA) is 109 Å². The third kappa shape index (κ3) is 14.6. The Morgan fingerprint density at radius 1 is 0.852 bits per heavy atom. The summed E-state index contributed by atoms with van der Waals surface area (Å²) in [6, 6.07) is 6.02. The normalized spacial score (nSPS) is 14.2. The van der Waals surface area contributed by atoms with E-state index in [1.54, 1.807) is 9.94 Å². The molecule has 7 nitrogen and oxygen atoms in total. The van der Waals surface area contributed by atoms with Crippen molar-refractivity contribution in [3.8, 4) is 9.94 Å². The van der Waals surface area contributed by atoms with Crippen LogP contribution in [0.5, 0.6) is 0 Å². The number of fused-ring (bicyclic) bond motifs is 2. The number of nitrogens with zero attached hydrogens (tertiary/aromatic N) is 5. The molecule has 0 atom stereocenters. The van der Waals surface area contributed by atoms with Gasteiger partial charge in [0.25, 0.3) is 0 Å². The second kappa shape index (κ2) is 19.7. The second-order valence-electron chi connectivity index (χ2n) is 5.02. The second-order valence-corrected chi connectivity index (χ2v) is 5.79. The van der Waals surface area contributed by atoms with Gasteiger partial charge in [0, 0.05) is 26.2 Å². The van der Waals surface area contributed by atoms with Gasteiger partial charge in [0.2, 0.25) is 0 Å². The maximum atomic E-state index is 7.26. The predicted molar refractivity (Wildman–Crippen MR) is 107 cm³/mol. The molecule has 10 heteroatoms. The summed E-state index contributed by atoms with van der Waals surface area (Å²) in [5.74, 6) is 0. The van der Waals surface area contributed by atoms with Crippen molar-refractivity contribution < 1.29 is 17.1 Å². The molecule has 27 heavy (non-hydrogen) atoms. The van der Waals surface area contributed by atoms with Crippen LogP contribution in [0.4, 0.5) is 0 Å². The van der Waals surface area contributed by atoms with Crippen LogP contribution in [0.15, 0.2) is 28.2 Å². The summed E-state index contributed by atoms with van der Waals surface area (Å²) >= 11 is 4.22. The Morgan fingerprint density at radius 3 is 1.59 bits per heavy atom. The summed E-state index contributed by atoms with van der Waals surface area (Å²) in [5, 5.41) is 21.3. The van der Waals surface area contributed by atoms with E-state index in [0.717, 1.165) is 62.1 Å². The molecule has 0 saturated heterocycles. The molecule has 1 aromatic rings. The van der Waals surface area contributed by atoms with Gasteiger partial charge in [-0.3, -0.25) is 9.98 Å². The molecule has 0 aliphatic carbocycles. The maximum absolute atomic E-state index is 7.26. The first-order valence-corrected chi connectivity index (χ1v) is 9.75. The van der Waals surface area contributed by atoms with Gasteiger partial charge in [-0.1, -0.05) is 6.07 Å². The molecule has 144 valence electrons. The van der Waals surface area contributed by atoms with Crippen LogP contribution in [0, 0.1) is 20.5 Å². The molecule has 2 bridgehead atoms. The third-order valence-electron chi connectivity index (χ3n) is 3.24. The molecule has 1 aliphatic heterocycles. The number of hydrogen-bond donors (Lipinski definition) is 2. The van der Waals surface area contributed by atoms with E-state index in [2.05, 4.69) is 57.6 Å². The first-order chi connectivity index (χ1) is 12.6. The number of pyridine rings is 1. The van der Waals surface area contributed by atoms with Crippen molar-refractivity contribution in [1.82, 2.24) is 15.6 Å². The summed E-state index contributed by atoms with van der Waals surface area (Å²) in [6.07, 6.45) is 0. The molecule has 0 amide bonds. The zero-order valence-electron chi connectivity index (χ0n) is 15.4. The molecule has 2 heterocycles. The van der Waals surface area contributed by atoms with Crippen molar-refractivity contribution >= 4 is 43.4 Å². The molecule has 0 saturated carbocycles. The summed E-state index contributed by atoms with van der Waals surface area (Å²) in [6.45, 7) is 9.31. The smallest absolute Gasteiger partial charge is 4.00 e. The van der Waals surface area contributed by atoms with Crippen LogP contribution in [0.3, 0.4) is 0 Å². The number of aliphatic imine (C=N–C) groups is 2. The van der Waals surface area contributed by atoms with Crippen LogP contribution >= 0.6 is 0 Å². The zero-order valence-corrected chi connectivity index (χ0v) is 19.9. The molecule has 1 aliphatic rings. The summed E-state index contributed by atoms with van der Waals surface area (Å²) in [5.41, 5.74) is 3.83. The van der Waals surface area contributed by atoms with Crippen LogP contribution in [-0.2, 0) is 17.1 Å². The van der Waals surface area contributed by atoms with Crippen molar-refractivity contribution in [2.45, 2.75) is 13.8 Å². The van der Waals surface area contributed by atoms with E-state index < -0.39 is 0 Å². The van der Waals surface area contributed by atoms with Crippen molar-refractivity contribution in [2.75, 3.05) is 39.3 Å². The van der Waals surface area contributed by atoms with Gasteiger partial charge >= 0.3 is 69.6 Å². The van der Waals surface area contributed by atoms with E-state index >= 15 is 0 Å². The van der Waals surface area contributed by atoms with Gasteiger partial charge in [-0.2, -0.15) is 0 Å². The van der Waals surface area contributed by atoms with Crippen molar-refractivity contribution in [1.29, 1.82) is 10.5 Å². The fourth-order valence-electron chi connectivity index (χ4n) is 2.03. The van der Waals surface area contributed by atoms with E-state index in [4.69, 9.17) is 10.5 Å². The number of hydrogen-bond acceptors (Lipinski definition) is 7. The standard InChI is InChI=1S/C15H23N5.2CHNSe.Fe/c1-12-14-4-3-5-15(20-14)13(2)19-11-9-17-7-6-16-8-10-18-12;2*2-1-3;/h3-5,16-17H,6-11H2,1-2H3;2*3H;/q;;;+4/p-2. The van der Waals surface area contributed by atoms with Crippen LogP contribution in [-0.4, -0.2) is 87.7 Å². The predicted octanol–water partition coefficient (Wildman–Crippen LogP) is 0.162. The average molecular weight is 539 g/mol. The van der Waals surface area contributed by atoms with Crippen LogP contribution in [0.2, 0.25) is 0 Å². The van der Waals surface area contributed by atoms with E-state index in [1.807, 2.05) is 32.0 Å². The number of nitrogens with one attached hydrogen (secondary N) is 2. The molecular formula is C17H23FeN7Se2+2. The Kier molecular flexibility index (Phi) is 20.5. The van der Waals surface area contributed by atoms with Crippen LogP contribution < -0.4 is 10.6 Å². The molecule has 1 aromatic heterocycles. The van der Waals surface area contributed by atoms with Crippen molar-refractivity contribution in [3.05, 3.63) is 29.6 Å². The van der Waals surface area contributed by atoms with Gasteiger partial charge in [0.15, 0.2) is 0 Å². The van der Waals surface area contributed by atoms with E-state index in [-0.39, 0.29) is 17.1 Å². The molecule has 0 radical (unpaired) electrons. The molecule has 0 unspecified atom stereocenters. The summed E-state index contributed by atoms with van der Waals surface area (Å²) in [7, 11) is 0. The molecule has 0 spiro atoms. The fourth-order valence-corrected chi connectivity index (χ4v) is 2.03. The summed E-state index contributed by atoms with van der Waals surface area (Å²) in [4.78, 5) is 17.0. The first kappa shape index (κ1) is 28.2. The third-order valence-corrected chi connectivity index (χ3v) is 3.24. The Balaban J connectivity index is 0. The molecule has 0 fully saturated rings. The molecule has 2 N–H and O–H groups in total. The SMILES string of the molecule is CC1=NCCNCCNCCN=C(C)c2cccc1n2.N#C[Se-].N#C[Se-].[Fe+4]. The van der Waals surface area contributed by atoms with E-state index in [0.29, 0.717) is 0 Å². The first-order valence-electron chi connectivity index (χ1n) is 8.04. The summed E-state index contributed by atoms with van der Waals surface area (Å²) < 4.78 is 0. The van der Waals surface area contributed by atoms with Gasteiger partial charge in [0.1, 0.15) is 0 Å². The maximum Gasteiger partial charge on any atom is 4.00 e. The molecule has 2 rings (SSSR count). The minimum absolute atomic E-state index is 0. The van der Waals surface area contributed by atoms with Crippen molar-refractivity contribution in [3.63, 3.8) is 0 Å². The van der Waals surface area contributed by atoms with Crippen molar-refractivity contribution in [2.24, 2.45) is 9.98 Å². The minimum Gasteiger partial charge on any atom is 4.00 e. The number of rotatable bonds is 0. The minimum atomic E-state index is 0. The van der Waals surface area contributed by atoms with E-state index in [1.165, 1.54) is 0 Å². The van der Waals surface area contributed by atoms with Gasteiger partial charge < -0.3 is 10.6 Å². The van der Waals surface area contributed by atoms with Gasteiger partial charge in [-0.05, 0) is 26.0 Å². The van der Waals surface area contributed by atoms with Gasteiger partial charge in [-0.25, -0.2) is 4.98 Å². The monoisotopic (exact) mass is 541 g/mol. The number of aromatic nitrogens is 1. The Hall–Kier alpha value is -1.05. The van der Waals surface area contributed by atoms with E-state index in [9.17, 15) is 0 Å². The van der Waals surface area contributed by atoms with Crippen LogP contribution in [0.1, 0.15) is 25.2 Å². The fraction of sp³-hybridized carbons (Fsp3) is 0.471. The molecule has 0 aromatic carbocycles. The van der Waals surface area contributed by atoms with Crippen LogP contribution in [0.25, 0.3) is 0 Å². The Bertz CT molecular complexity index is 613.